The molecule has 0 radical (unpaired) electrons. The number of benzene rings is 1. The van der Waals surface area contributed by atoms with Crippen molar-refractivity contribution in [3.05, 3.63) is 64.7 Å². The van der Waals surface area contributed by atoms with Gasteiger partial charge in [0.15, 0.2) is 11.6 Å². The zero-order valence-electron chi connectivity index (χ0n) is 21.4. The molecule has 12 heteroatoms. The highest BCUT2D eigenvalue weighted by Crippen LogP contribution is 2.28. The second-order valence-corrected chi connectivity index (χ2v) is 11.3. The number of nitrogens with one attached hydrogen (secondary N) is 2. The van der Waals surface area contributed by atoms with Gasteiger partial charge >= 0.3 is 0 Å². The third-order valence-corrected chi connectivity index (χ3v) is 8.25. The number of sulfonamides is 1. The molecular weight excluding hydrogens is 531 g/mol. The Bertz CT molecular complexity index is 1390. The van der Waals surface area contributed by atoms with Crippen LogP contribution in [0.5, 0.6) is 5.88 Å². The van der Waals surface area contributed by atoms with Crippen molar-refractivity contribution in [2.24, 2.45) is 0 Å². The summed E-state index contributed by atoms with van der Waals surface area (Å²) in [6.45, 7) is 0. The van der Waals surface area contributed by atoms with Gasteiger partial charge in [-0.25, -0.2) is 22.8 Å². The third kappa shape index (κ3) is 6.77. The minimum absolute atomic E-state index is 0.00655. The molecule has 0 unspecified atom stereocenters. The van der Waals surface area contributed by atoms with Crippen molar-refractivity contribution in [1.29, 1.82) is 0 Å². The largest absolute Gasteiger partial charge is 0.481 e. The Balaban J connectivity index is 1.44. The van der Waals surface area contributed by atoms with Gasteiger partial charge < -0.3 is 15.0 Å². The first kappa shape index (κ1) is 27.7. The molecule has 1 aliphatic rings. The lowest BCUT2D eigenvalue weighted by molar-refractivity contribution is 0.221. The molecule has 1 fully saturated rings. The number of hydrogen-bond donors (Lipinski definition) is 2. The van der Waals surface area contributed by atoms with Crippen molar-refractivity contribution in [3.63, 3.8) is 0 Å². The number of ether oxygens (including phenoxy) is 1. The van der Waals surface area contributed by atoms with Gasteiger partial charge in [-0.1, -0.05) is 29.8 Å². The monoisotopic (exact) mass is 560 g/mol. The molecule has 0 amide bonds. The molecule has 1 aliphatic carbocycles. The Kier molecular flexibility index (Phi) is 8.80. The lowest BCUT2D eigenvalue weighted by atomic mass is 9.91. The first-order valence-corrected chi connectivity index (χ1v) is 14.0. The van der Waals surface area contributed by atoms with Crippen LogP contribution in [0.15, 0.2) is 47.6 Å². The predicted molar refractivity (Wildman–Crippen MR) is 147 cm³/mol. The fourth-order valence-electron chi connectivity index (χ4n) is 4.29. The van der Waals surface area contributed by atoms with E-state index in [0.717, 1.165) is 31.7 Å². The van der Waals surface area contributed by atoms with Crippen LogP contribution in [0, 0.1) is 5.82 Å². The molecule has 38 heavy (non-hydrogen) atoms. The zero-order chi connectivity index (χ0) is 27.3. The van der Waals surface area contributed by atoms with Gasteiger partial charge in [-0.3, -0.25) is 4.72 Å². The Labute approximate surface area is 227 Å². The SMILES string of the molecule is COc1nc(NS(=O)(=O)c2ccccc2Cl)c(F)cc1/C=C/c1cnc(NC2CCC(N(C)C)CC2)nc1. The number of hydrogen-bond acceptors (Lipinski definition) is 8. The van der Waals surface area contributed by atoms with Crippen LogP contribution in [-0.4, -0.2) is 61.6 Å². The number of halogens is 2. The Hall–Kier alpha value is -3.28. The molecule has 2 aromatic heterocycles. The average Bonchev–Trinajstić information content (AvgIpc) is 2.90. The van der Waals surface area contributed by atoms with Gasteiger partial charge in [0.25, 0.3) is 10.0 Å². The molecule has 202 valence electrons. The molecule has 4 rings (SSSR count). The van der Waals surface area contributed by atoms with E-state index in [-0.39, 0.29) is 15.8 Å². The summed E-state index contributed by atoms with van der Waals surface area (Å²) in [4.78, 5) is 14.9. The average molecular weight is 561 g/mol. The van der Waals surface area contributed by atoms with E-state index in [2.05, 4.69) is 44.0 Å². The highest BCUT2D eigenvalue weighted by molar-refractivity contribution is 7.92. The maximum absolute atomic E-state index is 14.8. The molecule has 1 saturated carbocycles. The van der Waals surface area contributed by atoms with Gasteiger partial charge in [0.1, 0.15) is 4.90 Å². The fourth-order valence-corrected chi connectivity index (χ4v) is 5.82. The lowest BCUT2D eigenvalue weighted by Gasteiger charge is -2.32. The summed E-state index contributed by atoms with van der Waals surface area (Å²) in [7, 11) is 1.43. The zero-order valence-corrected chi connectivity index (χ0v) is 22.9. The first-order valence-electron chi connectivity index (χ1n) is 12.1. The van der Waals surface area contributed by atoms with Crippen LogP contribution < -0.4 is 14.8 Å². The lowest BCUT2D eigenvalue weighted by Crippen LogP contribution is -2.36. The molecule has 0 bridgehead atoms. The molecule has 0 atom stereocenters. The summed E-state index contributed by atoms with van der Waals surface area (Å²) >= 11 is 5.99. The van der Waals surface area contributed by atoms with Crippen LogP contribution in [0.25, 0.3) is 12.2 Å². The minimum Gasteiger partial charge on any atom is -0.481 e. The van der Waals surface area contributed by atoms with Crippen LogP contribution in [0.1, 0.15) is 36.8 Å². The number of rotatable bonds is 9. The first-order chi connectivity index (χ1) is 18.2. The third-order valence-electron chi connectivity index (χ3n) is 6.41. The number of pyridine rings is 1. The van der Waals surface area contributed by atoms with Crippen LogP contribution >= 0.6 is 11.6 Å². The van der Waals surface area contributed by atoms with Gasteiger partial charge in [-0.05, 0) is 64.1 Å². The summed E-state index contributed by atoms with van der Waals surface area (Å²) in [5.74, 6) is -0.777. The fraction of sp³-hybridized carbons (Fsp3) is 0.346. The smallest absolute Gasteiger partial charge is 0.264 e. The van der Waals surface area contributed by atoms with Gasteiger partial charge in [0, 0.05) is 35.6 Å². The number of methoxy groups -OCH3 is 1. The highest BCUT2D eigenvalue weighted by atomic mass is 35.5. The van der Waals surface area contributed by atoms with Crippen molar-refractivity contribution in [3.8, 4) is 5.88 Å². The molecule has 0 saturated heterocycles. The second kappa shape index (κ2) is 12.1. The summed E-state index contributed by atoms with van der Waals surface area (Å²) in [5.41, 5.74) is 1.00. The van der Waals surface area contributed by atoms with Crippen LogP contribution in [-0.2, 0) is 10.0 Å². The molecule has 1 aromatic carbocycles. The van der Waals surface area contributed by atoms with E-state index in [1.54, 1.807) is 30.6 Å². The quantitative estimate of drug-likeness (QED) is 0.379. The summed E-state index contributed by atoms with van der Waals surface area (Å²) in [6.07, 6.45) is 11.0. The van der Waals surface area contributed by atoms with E-state index in [4.69, 9.17) is 16.3 Å². The van der Waals surface area contributed by atoms with E-state index in [9.17, 15) is 12.8 Å². The van der Waals surface area contributed by atoms with Crippen molar-refractivity contribution in [1.82, 2.24) is 19.9 Å². The van der Waals surface area contributed by atoms with E-state index in [1.807, 2.05) is 0 Å². The van der Waals surface area contributed by atoms with Crippen molar-refractivity contribution in [2.75, 3.05) is 31.2 Å². The van der Waals surface area contributed by atoms with Crippen molar-refractivity contribution in [2.45, 2.75) is 42.7 Å². The topological polar surface area (TPSA) is 109 Å². The maximum Gasteiger partial charge on any atom is 0.264 e. The summed E-state index contributed by atoms with van der Waals surface area (Å²) in [6, 6.07) is 7.95. The Morgan fingerprint density at radius 3 is 2.42 bits per heavy atom. The Morgan fingerprint density at radius 2 is 1.79 bits per heavy atom. The summed E-state index contributed by atoms with van der Waals surface area (Å²) < 4.78 is 47.6. The highest BCUT2D eigenvalue weighted by Gasteiger charge is 2.23. The van der Waals surface area contributed by atoms with Crippen LogP contribution in [0.4, 0.5) is 16.2 Å². The van der Waals surface area contributed by atoms with Crippen LogP contribution in [0.3, 0.4) is 0 Å². The molecule has 2 N–H and O–H groups in total. The van der Waals surface area contributed by atoms with Gasteiger partial charge in [-0.15, -0.1) is 0 Å². The maximum atomic E-state index is 14.8. The standard InChI is InChI=1S/C26H30ClFN6O3S/c1-34(2)20-12-10-19(11-13-20)31-26-29-15-17(16-30-26)8-9-18-14-22(28)24(32-25(18)37-3)33-38(35,36)23-7-5-4-6-21(23)27/h4-9,14-16,19-20H,10-13H2,1-3H3,(H,32,33)(H,29,30,31)/b9-8+. The molecular formula is C26H30ClFN6O3S. The van der Waals surface area contributed by atoms with Crippen LogP contribution in [0.2, 0.25) is 5.02 Å². The van der Waals surface area contributed by atoms with Gasteiger partial charge in [0.2, 0.25) is 11.8 Å². The molecule has 3 aromatic rings. The van der Waals surface area contributed by atoms with E-state index in [0.29, 0.717) is 29.2 Å². The van der Waals surface area contributed by atoms with Gasteiger partial charge in [0.05, 0.1) is 12.1 Å². The van der Waals surface area contributed by atoms with Crippen molar-refractivity contribution >= 4 is 45.5 Å². The van der Waals surface area contributed by atoms with E-state index >= 15 is 0 Å². The molecule has 0 spiro atoms. The molecule has 9 nitrogen and oxygen atoms in total. The number of nitrogens with zero attached hydrogens (tertiary/aromatic N) is 4. The predicted octanol–water partition coefficient (Wildman–Crippen LogP) is 4.93. The Morgan fingerprint density at radius 1 is 1.11 bits per heavy atom. The minimum atomic E-state index is -4.16. The van der Waals surface area contributed by atoms with E-state index < -0.39 is 21.7 Å². The number of anilines is 2. The molecule has 2 heterocycles. The summed E-state index contributed by atoms with van der Waals surface area (Å²) in [5, 5.41) is 3.40. The number of aromatic nitrogens is 3. The van der Waals surface area contributed by atoms with Crippen molar-refractivity contribution < 1.29 is 17.5 Å². The molecule has 0 aliphatic heterocycles. The van der Waals surface area contributed by atoms with E-state index in [1.165, 1.54) is 25.3 Å². The normalized spacial score (nSPS) is 18.1. The van der Waals surface area contributed by atoms with Gasteiger partial charge in [-0.2, -0.15) is 4.98 Å². The second-order valence-electron chi connectivity index (χ2n) is 9.24.